The molecule has 0 aliphatic carbocycles. The largest absolute Gasteiger partial charge is 0.480 e. The summed E-state index contributed by atoms with van der Waals surface area (Å²) in [6.07, 6.45) is -3.70. The molecule has 1 N–H and O–H groups in total. The lowest BCUT2D eigenvalue weighted by molar-refractivity contribution is -0.138. The Bertz CT molecular complexity index is 881. The monoisotopic (exact) mass is 411 g/mol. The molecule has 0 fully saturated rings. The van der Waals surface area contributed by atoms with Gasteiger partial charge in [-0.3, -0.25) is 9.69 Å². The Morgan fingerprint density at radius 1 is 1.24 bits per heavy atom. The van der Waals surface area contributed by atoms with Crippen LogP contribution >= 0.6 is 0 Å². The van der Waals surface area contributed by atoms with Crippen LogP contribution in [0.3, 0.4) is 0 Å². The van der Waals surface area contributed by atoms with Crippen LogP contribution in [-0.2, 0) is 22.3 Å². The summed E-state index contributed by atoms with van der Waals surface area (Å²) in [5.41, 5.74) is 0.696. The maximum atomic E-state index is 13.6. The lowest BCUT2D eigenvalue weighted by Gasteiger charge is -2.18. The van der Waals surface area contributed by atoms with Gasteiger partial charge in [-0.25, -0.2) is 4.39 Å². The van der Waals surface area contributed by atoms with E-state index in [4.69, 9.17) is 9.84 Å². The summed E-state index contributed by atoms with van der Waals surface area (Å²) in [5.74, 6) is -1.44. The van der Waals surface area contributed by atoms with Gasteiger partial charge < -0.3 is 9.84 Å². The quantitative estimate of drug-likeness (QED) is 0.660. The maximum absolute atomic E-state index is 13.6. The Labute approximate surface area is 165 Å². The first-order chi connectivity index (χ1) is 13.6. The minimum absolute atomic E-state index is 0.00487. The molecule has 4 nitrogen and oxygen atoms in total. The minimum Gasteiger partial charge on any atom is -0.480 e. The van der Waals surface area contributed by atoms with Crippen molar-refractivity contribution in [3.8, 4) is 11.1 Å². The maximum Gasteiger partial charge on any atom is 0.417 e. The molecule has 156 valence electrons. The topological polar surface area (TPSA) is 49.8 Å². The van der Waals surface area contributed by atoms with Crippen LogP contribution in [0.5, 0.6) is 0 Å². The number of hydrogen-bond donors (Lipinski definition) is 1. The normalized spacial score (nSPS) is 16.3. The lowest BCUT2D eigenvalue weighted by Crippen LogP contribution is -2.26. The highest BCUT2D eigenvalue weighted by atomic mass is 19.4. The highest BCUT2D eigenvalue weighted by Gasteiger charge is 2.36. The number of nitrogens with zero attached hydrogens (tertiary/aromatic N) is 1. The molecule has 1 aliphatic heterocycles. The predicted octanol–water partition coefficient (Wildman–Crippen LogP) is 4.88. The van der Waals surface area contributed by atoms with Crippen molar-refractivity contribution in [2.24, 2.45) is 0 Å². The summed E-state index contributed by atoms with van der Waals surface area (Å²) in [6, 6.07) is 7.54. The summed E-state index contributed by atoms with van der Waals surface area (Å²) >= 11 is 0. The molecule has 0 saturated carbocycles. The van der Waals surface area contributed by atoms with Crippen LogP contribution < -0.4 is 0 Å². The number of hydrogen-bond acceptors (Lipinski definition) is 3. The molecule has 2 aromatic rings. The van der Waals surface area contributed by atoms with E-state index in [2.05, 4.69) is 0 Å². The molecule has 1 atom stereocenters. The van der Waals surface area contributed by atoms with Gasteiger partial charge in [0.05, 0.1) is 24.8 Å². The van der Waals surface area contributed by atoms with E-state index in [0.717, 1.165) is 18.2 Å². The number of aliphatic carboxylic acids is 1. The van der Waals surface area contributed by atoms with E-state index in [-0.39, 0.29) is 30.4 Å². The molecule has 0 saturated heterocycles. The minimum atomic E-state index is -4.55. The number of benzene rings is 2. The number of carboxylic acid groups (broad SMARTS) is 1. The van der Waals surface area contributed by atoms with E-state index in [0.29, 0.717) is 30.5 Å². The summed E-state index contributed by atoms with van der Waals surface area (Å²) < 4.78 is 59.7. The SMILES string of the molecule is CN(CCCC1OCc2cc(C(F)(F)F)c(-c3ccc(F)cc3)cc21)CC(=O)O. The number of fused-ring (bicyclic) bond motifs is 1. The number of ether oxygens (including phenoxy) is 1. The van der Waals surface area contributed by atoms with Crippen molar-refractivity contribution in [3.05, 3.63) is 58.9 Å². The number of alkyl halides is 3. The van der Waals surface area contributed by atoms with Gasteiger partial charge in [-0.15, -0.1) is 0 Å². The number of carboxylic acids is 1. The van der Waals surface area contributed by atoms with Crippen molar-refractivity contribution < 1.29 is 32.2 Å². The molecule has 0 amide bonds. The zero-order valence-corrected chi connectivity index (χ0v) is 15.8. The highest BCUT2D eigenvalue weighted by Crippen LogP contribution is 2.43. The molecule has 1 aliphatic rings. The molecule has 2 aromatic carbocycles. The Hall–Kier alpha value is -2.45. The Balaban J connectivity index is 1.85. The second-order valence-electron chi connectivity index (χ2n) is 7.17. The highest BCUT2D eigenvalue weighted by molar-refractivity contribution is 5.70. The smallest absolute Gasteiger partial charge is 0.417 e. The molecule has 0 spiro atoms. The molecule has 1 unspecified atom stereocenters. The molecule has 29 heavy (non-hydrogen) atoms. The molecule has 0 aromatic heterocycles. The molecule has 0 bridgehead atoms. The van der Waals surface area contributed by atoms with Gasteiger partial charge in [-0.1, -0.05) is 12.1 Å². The van der Waals surface area contributed by atoms with Gasteiger partial charge in [0.2, 0.25) is 0 Å². The fourth-order valence-electron chi connectivity index (χ4n) is 3.56. The second kappa shape index (κ2) is 8.51. The number of halogens is 4. The van der Waals surface area contributed by atoms with Gasteiger partial charge >= 0.3 is 12.1 Å². The molecular weight excluding hydrogens is 390 g/mol. The van der Waals surface area contributed by atoms with Gasteiger partial charge in [-0.05, 0) is 73.0 Å². The third-order valence-electron chi connectivity index (χ3n) is 4.94. The summed E-state index contributed by atoms with van der Waals surface area (Å²) in [4.78, 5) is 12.4. The van der Waals surface area contributed by atoms with Crippen molar-refractivity contribution in [1.29, 1.82) is 0 Å². The average Bonchev–Trinajstić information content (AvgIpc) is 3.02. The van der Waals surface area contributed by atoms with Gasteiger partial charge in [0.1, 0.15) is 5.82 Å². The van der Waals surface area contributed by atoms with Crippen LogP contribution in [0.25, 0.3) is 11.1 Å². The van der Waals surface area contributed by atoms with Crippen molar-refractivity contribution in [3.63, 3.8) is 0 Å². The fourth-order valence-corrected chi connectivity index (χ4v) is 3.56. The van der Waals surface area contributed by atoms with E-state index >= 15 is 0 Å². The standard InChI is InChI=1S/C21H21F4NO3/c1-26(11-20(27)28)8-2-3-19-17-10-16(13-4-6-15(22)7-5-13)18(21(23,24)25)9-14(17)12-29-19/h4-7,9-10,19H,2-3,8,11-12H2,1H3,(H,27,28). The van der Waals surface area contributed by atoms with Crippen molar-refractivity contribution in [1.82, 2.24) is 4.90 Å². The van der Waals surface area contributed by atoms with Crippen LogP contribution in [-0.4, -0.2) is 36.1 Å². The Kier molecular flexibility index (Phi) is 6.24. The summed E-state index contributed by atoms with van der Waals surface area (Å²) in [7, 11) is 1.69. The number of likely N-dealkylation sites (N-methyl/N-ethyl adjacent to an activating group) is 1. The van der Waals surface area contributed by atoms with E-state index in [1.165, 1.54) is 18.2 Å². The van der Waals surface area contributed by atoms with E-state index in [1.54, 1.807) is 11.9 Å². The van der Waals surface area contributed by atoms with Gasteiger partial charge in [0, 0.05) is 0 Å². The Morgan fingerprint density at radius 3 is 2.55 bits per heavy atom. The van der Waals surface area contributed by atoms with E-state index < -0.39 is 23.5 Å². The number of rotatable bonds is 7. The summed E-state index contributed by atoms with van der Waals surface area (Å²) in [5, 5.41) is 8.79. The van der Waals surface area contributed by atoms with Gasteiger partial charge in [0.15, 0.2) is 0 Å². The van der Waals surface area contributed by atoms with Crippen molar-refractivity contribution in [2.45, 2.75) is 31.7 Å². The molecule has 3 rings (SSSR count). The van der Waals surface area contributed by atoms with E-state index in [1.807, 2.05) is 0 Å². The molecular formula is C21H21F4NO3. The molecule has 8 heteroatoms. The first kappa shape index (κ1) is 21.3. The van der Waals surface area contributed by atoms with Crippen LogP contribution in [0.2, 0.25) is 0 Å². The van der Waals surface area contributed by atoms with E-state index in [9.17, 15) is 22.4 Å². The molecule has 0 radical (unpaired) electrons. The predicted molar refractivity (Wildman–Crippen MR) is 98.7 cm³/mol. The van der Waals surface area contributed by atoms with Crippen molar-refractivity contribution >= 4 is 5.97 Å². The van der Waals surface area contributed by atoms with Crippen LogP contribution in [0, 0.1) is 5.82 Å². The fraction of sp³-hybridized carbons (Fsp3) is 0.381. The zero-order chi connectivity index (χ0) is 21.2. The average molecular weight is 411 g/mol. The van der Waals surface area contributed by atoms with Gasteiger partial charge in [0.25, 0.3) is 0 Å². The first-order valence-corrected chi connectivity index (χ1v) is 9.17. The first-order valence-electron chi connectivity index (χ1n) is 9.17. The summed E-state index contributed by atoms with van der Waals surface area (Å²) in [6.45, 7) is 0.552. The third-order valence-corrected chi connectivity index (χ3v) is 4.94. The number of carbonyl (C=O) groups is 1. The van der Waals surface area contributed by atoms with Crippen molar-refractivity contribution in [2.75, 3.05) is 20.1 Å². The van der Waals surface area contributed by atoms with Crippen LogP contribution in [0.1, 0.15) is 35.6 Å². The third kappa shape index (κ3) is 5.13. The second-order valence-corrected chi connectivity index (χ2v) is 7.17. The van der Waals surface area contributed by atoms with Crippen LogP contribution in [0.15, 0.2) is 36.4 Å². The zero-order valence-electron chi connectivity index (χ0n) is 15.8. The molecule has 1 heterocycles. The lowest BCUT2D eigenvalue weighted by atomic mass is 9.91. The van der Waals surface area contributed by atoms with Gasteiger partial charge in [-0.2, -0.15) is 13.2 Å². The Morgan fingerprint density at radius 2 is 1.93 bits per heavy atom. The van der Waals surface area contributed by atoms with Crippen LogP contribution in [0.4, 0.5) is 17.6 Å².